The Kier molecular flexibility index (Phi) is 3.18. The fourth-order valence-electron chi connectivity index (χ4n) is 0.728. The van der Waals surface area contributed by atoms with Crippen molar-refractivity contribution in [2.75, 3.05) is 0 Å². The highest BCUT2D eigenvalue weighted by Crippen LogP contribution is 2.23. The van der Waals surface area contributed by atoms with Crippen molar-refractivity contribution < 1.29 is 12.6 Å². The van der Waals surface area contributed by atoms with E-state index in [1.165, 1.54) is 18.2 Å². The molecule has 0 aliphatic rings. The van der Waals surface area contributed by atoms with Crippen molar-refractivity contribution in [2.24, 2.45) is 0 Å². The maximum Gasteiger partial charge on any atom is 0.297 e. The minimum Gasteiger partial charge on any atom is -0.257 e. The summed E-state index contributed by atoms with van der Waals surface area (Å²) in [6, 6.07) is 3.78. The van der Waals surface area contributed by atoms with Crippen LogP contribution in [0.2, 0.25) is 10.0 Å². The summed E-state index contributed by atoms with van der Waals surface area (Å²) in [6.45, 7) is 0. The molecular weight excluding hydrogens is 235 g/mol. The van der Waals surface area contributed by atoms with E-state index in [1.807, 2.05) is 0 Å². The maximum atomic E-state index is 11.0. The van der Waals surface area contributed by atoms with Crippen LogP contribution in [0.3, 0.4) is 0 Å². The molecule has 0 aliphatic carbocycles. The van der Waals surface area contributed by atoms with Crippen molar-refractivity contribution in [3.05, 3.63) is 35.4 Å². The van der Waals surface area contributed by atoms with Crippen LogP contribution in [0, 0.1) is 7.11 Å². The molecule has 0 bridgehead atoms. The van der Waals surface area contributed by atoms with Gasteiger partial charge in [-0.05, 0) is 18.2 Å². The standard InChI is InChI=1S/C7H4Cl2O3S/c1-12-13(10,11)7-3-5(8)2-6(9)4-7/h1-4H. The summed E-state index contributed by atoms with van der Waals surface area (Å²) in [4.78, 5) is -0.174. The van der Waals surface area contributed by atoms with E-state index in [2.05, 4.69) is 11.3 Å². The van der Waals surface area contributed by atoms with E-state index in [9.17, 15) is 8.42 Å². The Balaban J connectivity index is 3.32. The number of benzene rings is 1. The minimum absolute atomic E-state index is 0.174. The number of hydrogen-bond acceptors (Lipinski definition) is 3. The molecular formula is C7H4Cl2O3S. The van der Waals surface area contributed by atoms with Crippen molar-refractivity contribution in [1.82, 2.24) is 0 Å². The number of halogens is 2. The second kappa shape index (κ2) is 3.84. The largest absolute Gasteiger partial charge is 0.297 e. The molecule has 0 amide bonds. The highest BCUT2D eigenvalue weighted by atomic mass is 35.5. The molecule has 0 saturated carbocycles. The maximum absolute atomic E-state index is 11.0. The molecule has 1 rings (SSSR count). The molecule has 0 aliphatic heterocycles. The molecule has 0 atom stereocenters. The van der Waals surface area contributed by atoms with Crippen molar-refractivity contribution in [3.8, 4) is 0 Å². The second-order valence-electron chi connectivity index (χ2n) is 2.16. The van der Waals surface area contributed by atoms with Gasteiger partial charge in [0.2, 0.25) is 0 Å². The van der Waals surface area contributed by atoms with E-state index in [-0.39, 0.29) is 14.9 Å². The normalized spacial score (nSPS) is 11.6. The quantitative estimate of drug-likeness (QED) is 0.744. The molecule has 70 valence electrons. The first-order valence-electron chi connectivity index (χ1n) is 3.05. The first kappa shape index (κ1) is 10.8. The summed E-state index contributed by atoms with van der Waals surface area (Å²) < 4.78 is 25.9. The summed E-state index contributed by atoms with van der Waals surface area (Å²) in [6.07, 6.45) is 0. The van der Waals surface area contributed by atoms with Gasteiger partial charge in [-0.3, -0.25) is 4.18 Å². The van der Waals surface area contributed by atoms with Gasteiger partial charge in [0, 0.05) is 10.0 Å². The number of rotatable bonds is 2. The fraction of sp³-hybridized carbons (Fsp3) is 0. The Hall–Kier alpha value is -0.290. The third kappa shape index (κ3) is 2.57. The molecule has 0 spiro atoms. The lowest BCUT2D eigenvalue weighted by atomic mass is 10.4. The molecule has 1 aromatic rings. The van der Waals surface area contributed by atoms with E-state index < -0.39 is 10.1 Å². The molecule has 1 aromatic carbocycles. The monoisotopic (exact) mass is 238 g/mol. The Morgan fingerprint density at radius 3 is 2.00 bits per heavy atom. The van der Waals surface area contributed by atoms with Crippen LogP contribution in [-0.4, -0.2) is 8.42 Å². The highest BCUT2D eigenvalue weighted by Gasteiger charge is 2.14. The third-order valence-electron chi connectivity index (χ3n) is 1.25. The Bertz CT molecular complexity index is 393. The molecule has 0 saturated heterocycles. The Morgan fingerprint density at radius 2 is 1.62 bits per heavy atom. The lowest BCUT2D eigenvalue weighted by Gasteiger charge is -2.01. The minimum atomic E-state index is -3.93. The molecule has 0 unspecified atom stereocenters. The van der Waals surface area contributed by atoms with Crippen molar-refractivity contribution in [2.45, 2.75) is 4.90 Å². The molecule has 13 heavy (non-hydrogen) atoms. The van der Waals surface area contributed by atoms with Gasteiger partial charge in [0.05, 0.1) is 4.90 Å². The Morgan fingerprint density at radius 1 is 1.15 bits per heavy atom. The summed E-state index contributed by atoms with van der Waals surface area (Å²) >= 11 is 11.1. The zero-order valence-electron chi connectivity index (χ0n) is 6.20. The summed E-state index contributed by atoms with van der Waals surface area (Å²) in [7, 11) is 0.630. The average molecular weight is 239 g/mol. The molecule has 6 heteroatoms. The van der Waals surface area contributed by atoms with Crippen LogP contribution >= 0.6 is 23.2 Å². The fourth-order valence-corrected chi connectivity index (χ4v) is 2.04. The van der Waals surface area contributed by atoms with Gasteiger partial charge in [0.15, 0.2) is 0 Å². The molecule has 0 heterocycles. The molecule has 0 N–H and O–H groups in total. The predicted molar refractivity (Wildman–Crippen MR) is 49.0 cm³/mol. The molecule has 2 radical (unpaired) electrons. The zero-order chi connectivity index (χ0) is 10.1. The van der Waals surface area contributed by atoms with Crippen LogP contribution in [0.15, 0.2) is 23.1 Å². The topological polar surface area (TPSA) is 43.4 Å². The Labute approximate surface area is 86.4 Å². The van der Waals surface area contributed by atoms with E-state index in [0.717, 1.165) is 0 Å². The van der Waals surface area contributed by atoms with Gasteiger partial charge >= 0.3 is 0 Å². The van der Waals surface area contributed by atoms with Crippen molar-refractivity contribution in [3.63, 3.8) is 0 Å². The predicted octanol–water partition coefficient (Wildman–Crippen LogP) is 2.37. The smallest absolute Gasteiger partial charge is 0.257 e. The second-order valence-corrected chi connectivity index (χ2v) is 4.60. The SMILES string of the molecule is [CH]OS(=O)(=O)c1cc(Cl)cc(Cl)c1. The average Bonchev–Trinajstić information content (AvgIpc) is 2.02. The van der Waals surface area contributed by atoms with Gasteiger partial charge in [0.1, 0.15) is 7.11 Å². The van der Waals surface area contributed by atoms with Crippen LogP contribution in [-0.2, 0) is 14.3 Å². The summed E-state index contributed by atoms with van der Waals surface area (Å²) in [5, 5.41) is 0.395. The van der Waals surface area contributed by atoms with Crippen LogP contribution in [0.1, 0.15) is 0 Å². The van der Waals surface area contributed by atoms with Gasteiger partial charge < -0.3 is 0 Å². The van der Waals surface area contributed by atoms with Gasteiger partial charge in [-0.25, -0.2) is 0 Å². The van der Waals surface area contributed by atoms with E-state index in [4.69, 9.17) is 23.2 Å². The van der Waals surface area contributed by atoms with E-state index in [0.29, 0.717) is 0 Å². The van der Waals surface area contributed by atoms with Crippen molar-refractivity contribution >= 4 is 33.3 Å². The third-order valence-corrected chi connectivity index (χ3v) is 2.75. The number of hydrogen-bond donors (Lipinski definition) is 0. The summed E-state index contributed by atoms with van der Waals surface area (Å²) in [5.74, 6) is 0. The molecule has 0 aromatic heterocycles. The van der Waals surface area contributed by atoms with Gasteiger partial charge in [-0.1, -0.05) is 23.2 Å². The van der Waals surface area contributed by atoms with E-state index in [1.54, 1.807) is 0 Å². The first-order chi connectivity index (χ1) is 5.95. The van der Waals surface area contributed by atoms with Gasteiger partial charge in [-0.15, -0.1) is 0 Å². The van der Waals surface area contributed by atoms with Crippen LogP contribution in [0.4, 0.5) is 0 Å². The molecule has 0 fully saturated rings. The lowest BCUT2D eigenvalue weighted by Crippen LogP contribution is -2.01. The van der Waals surface area contributed by atoms with Crippen LogP contribution in [0.5, 0.6) is 0 Å². The summed E-state index contributed by atoms with van der Waals surface area (Å²) in [5.41, 5.74) is 0. The van der Waals surface area contributed by atoms with Crippen molar-refractivity contribution in [1.29, 1.82) is 0 Å². The zero-order valence-corrected chi connectivity index (χ0v) is 8.53. The van der Waals surface area contributed by atoms with Crippen LogP contribution in [0.25, 0.3) is 0 Å². The van der Waals surface area contributed by atoms with Gasteiger partial charge in [-0.2, -0.15) is 8.42 Å². The van der Waals surface area contributed by atoms with Gasteiger partial charge in [0.25, 0.3) is 10.1 Å². The highest BCUT2D eigenvalue weighted by molar-refractivity contribution is 7.86. The molecule has 3 nitrogen and oxygen atoms in total. The lowest BCUT2D eigenvalue weighted by molar-refractivity contribution is 0.438. The van der Waals surface area contributed by atoms with Crippen LogP contribution < -0.4 is 0 Å². The van der Waals surface area contributed by atoms with E-state index >= 15 is 0 Å². The first-order valence-corrected chi connectivity index (χ1v) is 5.21.